The van der Waals surface area contributed by atoms with Gasteiger partial charge in [0.2, 0.25) is 0 Å². The molecule has 0 atom stereocenters. The monoisotopic (exact) mass is 486 g/mol. The summed E-state index contributed by atoms with van der Waals surface area (Å²) < 4.78 is 2.11. The number of aryl methyl sites for hydroxylation is 1. The number of benzene rings is 2. The summed E-state index contributed by atoms with van der Waals surface area (Å²) in [6.45, 7) is 9.14. The number of carbonyl (C=O) groups excluding carboxylic acids is 2. The van der Waals surface area contributed by atoms with Crippen LogP contribution in [0.25, 0.3) is 10.9 Å². The maximum absolute atomic E-state index is 13.7. The Morgan fingerprint density at radius 2 is 1.80 bits per heavy atom. The van der Waals surface area contributed by atoms with Crippen LogP contribution in [0.15, 0.2) is 66.0 Å². The number of amides is 2. The molecule has 2 aromatic heterocycles. The van der Waals surface area contributed by atoms with Crippen LogP contribution in [0.2, 0.25) is 0 Å². The molecular weight excluding hydrogens is 456 g/mol. The number of thiophene rings is 1. The van der Waals surface area contributed by atoms with E-state index in [4.69, 9.17) is 0 Å². The maximum atomic E-state index is 13.7. The van der Waals surface area contributed by atoms with Gasteiger partial charge in [-0.3, -0.25) is 9.59 Å². The van der Waals surface area contributed by atoms with E-state index >= 15 is 0 Å². The number of hydrogen-bond acceptors (Lipinski definition) is 4. The number of aromatic nitrogens is 1. The molecule has 7 heteroatoms. The van der Waals surface area contributed by atoms with Crippen molar-refractivity contribution in [3.63, 3.8) is 0 Å². The molecule has 0 radical (unpaired) electrons. The molecular formula is C28H30N4O2S. The molecule has 0 aliphatic carbocycles. The number of anilines is 1. The highest BCUT2D eigenvalue weighted by molar-refractivity contribution is 7.12. The quantitative estimate of drug-likeness (QED) is 0.413. The van der Waals surface area contributed by atoms with Gasteiger partial charge < -0.3 is 19.7 Å². The van der Waals surface area contributed by atoms with Gasteiger partial charge in [-0.15, -0.1) is 11.3 Å². The molecule has 5 rings (SSSR count). The Labute approximate surface area is 209 Å². The van der Waals surface area contributed by atoms with E-state index in [1.165, 1.54) is 16.9 Å². The lowest BCUT2D eigenvalue weighted by Gasteiger charge is -2.34. The zero-order valence-corrected chi connectivity index (χ0v) is 21.0. The summed E-state index contributed by atoms with van der Waals surface area (Å²) in [7, 11) is 0. The molecule has 0 bridgehead atoms. The Morgan fingerprint density at radius 3 is 2.51 bits per heavy atom. The SMILES string of the molecule is CCN1CCN(C(=O)c2cc3cc(NC(=O)c4cccs4)ccc3n2Cc2cccc(C)c2)CC1. The highest BCUT2D eigenvalue weighted by Gasteiger charge is 2.25. The molecule has 1 aliphatic rings. The second-order valence-electron chi connectivity index (χ2n) is 9.04. The van der Waals surface area contributed by atoms with Gasteiger partial charge in [0.15, 0.2) is 0 Å². The Bertz CT molecular complexity index is 1350. The van der Waals surface area contributed by atoms with Crippen LogP contribution in [-0.2, 0) is 6.54 Å². The first-order chi connectivity index (χ1) is 17.0. The van der Waals surface area contributed by atoms with Crippen LogP contribution < -0.4 is 5.32 Å². The van der Waals surface area contributed by atoms with Crippen molar-refractivity contribution in [3.05, 3.63) is 87.7 Å². The minimum atomic E-state index is -0.122. The van der Waals surface area contributed by atoms with Crippen molar-refractivity contribution in [2.24, 2.45) is 0 Å². The van der Waals surface area contributed by atoms with E-state index in [2.05, 4.69) is 52.9 Å². The standard InChI is InChI=1S/C28H30N4O2S/c1-3-30-11-13-31(14-12-30)28(34)25-18-22-17-23(29-27(33)26-8-5-15-35-26)9-10-24(22)32(25)19-21-7-4-6-20(2)16-21/h4-10,15-18H,3,11-14,19H2,1-2H3,(H,29,33). The molecule has 6 nitrogen and oxygen atoms in total. The number of likely N-dealkylation sites (N-methyl/N-ethyl adjacent to an activating group) is 1. The molecule has 1 fully saturated rings. The third-order valence-electron chi connectivity index (χ3n) is 6.65. The fourth-order valence-corrected chi connectivity index (χ4v) is 5.34. The Morgan fingerprint density at radius 1 is 0.971 bits per heavy atom. The van der Waals surface area contributed by atoms with Crippen LogP contribution in [0.5, 0.6) is 0 Å². The fraction of sp³-hybridized carbons (Fsp3) is 0.286. The van der Waals surface area contributed by atoms with Crippen molar-refractivity contribution in [2.45, 2.75) is 20.4 Å². The van der Waals surface area contributed by atoms with Crippen molar-refractivity contribution in [1.82, 2.24) is 14.4 Å². The predicted octanol–water partition coefficient (Wildman–Crippen LogP) is 5.09. The third-order valence-corrected chi connectivity index (χ3v) is 7.52. The highest BCUT2D eigenvalue weighted by atomic mass is 32.1. The fourth-order valence-electron chi connectivity index (χ4n) is 4.72. The molecule has 4 aromatic rings. The highest BCUT2D eigenvalue weighted by Crippen LogP contribution is 2.27. The molecule has 0 saturated carbocycles. The summed E-state index contributed by atoms with van der Waals surface area (Å²) in [5.41, 5.74) is 4.74. The molecule has 0 spiro atoms. The van der Waals surface area contributed by atoms with Gasteiger partial charge in [-0.05, 0) is 54.7 Å². The van der Waals surface area contributed by atoms with Gasteiger partial charge in [-0.1, -0.05) is 42.8 Å². The Hall–Kier alpha value is -3.42. The van der Waals surface area contributed by atoms with Gasteiger partial charge in [0.25, 0.3) is 11.8 Å². The lowest BCUT2D eigenvalue weighted by Crippen LogP contribution is -2.48. The summed E-state index contributed by atoms with van der Waals surface area (Å²) in [6, 6.07) is 19.9. The van der Waals surface area contributed by atoms with E-state index in [9.17, 15) is 9.59 Å². The molecule has 2 amide bonds. The number of piperazine rings is 1. The Kier molecular flexibility index (Phi) is 6.70. The molecule has 35 heavy (non-hydrogen) atoms. The molecule has 1 N–H and O–H groups in total. The number of nitrogens with one attached hydrogen (secondary N) is 1. The first-order valence-corrected chi connectivity index (χ1v) is 12.9. The number of nitrogens with zero attached hydrogens (tertiary/aromatic N) is 3. The summed E-state index contributed by atoms with van der Waals surface area (Å²) in [6.07, 6.45) is 0. The van der Waals surface area contributed by atoms with Gasteiger partial charge in [-0.25, -0.2) is 0 Å². The van der Waals surface area contributed by atoms with Crippen LogP contribution >= 0.6 is 11.3 Å². The van der Waals surface area contributed by atoms with E-state index < -0.39 is 0 Å². The van der Waals surface area contributed by atoms with Crippen molar-refractivity contribution in [3.8, 4) is 0 Å². The molecule has 180 valence electrons. The average molecular weight is 487 g/mol. The predicted molar refractivity (Wildman–Crippen MR) is 143 cm³/mol. The summed E-state index contributed by atoms with van der Waals surface area (Å²) in [4.78, 5) is 31.2. The normalized spacial score (nSPS) is 14.4. The third kappa shape index (κ3) is 5.01. The van der Waals surface area contributed by atoms with E-state index in [1.807, 2.05) is 46.7 Å². The van der Waals surface area contributed by atoms with Crippen molar-refractivity contribution in [1.29, 1.82) is 0 Å². The number of fused-ring (bicyclic) bond motifs is 1. The summed E-state index contributed by atoms with van der Waals surface area (Å²) >= 11 is 1.41. The topological polar surface area (TPSA) is 57.6 Å². The first kappa shape index (κ1) is 23.3. The number of hydrogen-bond donors (Lipinski definition) is 1. The smallest absolute Gasteiger partial charge is 0.270 e. The van der Waals surface area contributed by atoms with Crippen LogP contribution in [-0.4, -0.2) is 58.9 Å². The summed E-state index contributed by atoms with van der Waals surface area (Å²) in [5.74, 6) is -0.0579. The van der Waals surface area contributed by atoms with E-state index in [1.54, 1.807) is 0 Å². The zero-order chi connectivity index (χ0) is 24.4. The van der Waals surface area contributed by atoms with Crippen LogP contribution in [0.1, 0.15) is 38.2 Å². The van der Waals surface area contributed by atoms with E-state index in [-0.39, 0.29) is 11.8 Å². The second kappa shape index (κ2) is 10.1. The van der Waals surface area contributed by atoms with Crippen LogP contribution in [0.3, 0.4) is 0 Å². The first-order valence-electron chi connectivity index (χ1n) is 12.1. The molecule has 2 aromatic carbocycles. The molecule has 1 saturated heterocycles. The van der Waals surface area contributed by atoms with Gasteiger partial charge in [0.05, 0.1) is 4.88 Å². The van der Waals surface area contributed by atoms with Gasteiger partial charge in [0.1, 0.15) is 5.69 Å². The second-order valence-corrected chi connectivity index (χ2v) is 9.98. The Balaban J connectivity index is 1.49. The van der Waals surface area contributed by atoms with Crippen LogP contribution in [0.4, 0.5) is 5.69 Å². The molecule has 1 aliphatic heterocycles. The van der Waals surface area contributed by atoms with Gasteiger partial charge >= 0.3 is 0 Å². The minimum Gasteiger partial charge on any atom is -0.335 e. The zero-order valence-electron chi connectivity index (χ0n) is 20.2. The van der Waals surface area contributed by atoms with Gasteiger partial charge in [0, 0.05) is 49.3 Å². The van der Waals surface area contributed by atoms with Crippen LogP contribution in [0, 0.1) is 6.92 Å². The maximum Gasteiger partial charge on any atom is 0.270 e. The largest absolute Gasteiger partial charge is 0.335 e. The minimum absolute atomic E-state index is 0.0637. The summed E-state index contributed by atoms with van der Waals surface area (Å²) in [5, 5.41) is 5.82. The van der Waals surface area contributed by atoms with E-state index in [0.717, 1.165) is 54.9 Å². The van der Waals surface area contributed by atoms with Crippen molar-refractivity contribution in [2.75, 3.05) is 38.0 Å². The lowest BCUT2D eigenvalue weighted by molar-refractivity contribution is 0.0633. The molecule has 0 unspecified atom stereocenters. The number of rotatable bonds is 6. The molecule has 3 heterocycles. The van der Waals surface area contributed by atoms with Gasteiger partial charge in [-0.2, -0.15) is 0 Å². The van der Waals surface area contributed by atoms with Crippen molar-refractivity contribution < 1.29 is 9.59 Å². The van der Waals surface area contributed by atoms with Crippen molar-refractivity contribution >= 4 is 39.7 Å². The van der Waals surface area contributed by atoms with E-state index in [0.29, 0.717) is 17.1 Å². The lowest BCUT2D eigenvalue weighted by atomic mass is 10.1. The number of carbonyl (C=O) groups is 2. The average Bonchev–Trinajstić information content (AvgIpc) is 3.53.